The van der Waals surface area contributed by atoms with Gasteiger partial charge in [-0.25, -0.2) is 4.98 Å². The van der Waals surface area contributed by atoms with Crippen molar-refractivity contribution in [2.45, 2.75) is 20.3 Å². The van der Waals surface area contributed by atoms with E-state index in [1.807, 2.05) is 36.4 Å². The van der Waals surface area contributed by atoms with Crippen LogP contribution >= 0.6 is 0 Å². The zero-order chi connectivity index (χ0) is 12.1. The second-order valence-corrected chi connectivity index (χ2v) is 4.48. The maximum Gasteiger partial charge on any atom is 0.226 e. The van der Waals surface area contributed by atoms with Gasteiger partial charge in [0, 0.05) is 5.56 Å². The molecule has 2 aromatic rings. The number of hydrogen-bond donors (Lipinski definition) is 0. The highest BCUT2D eigenvalue weighted by atomic mass is 16.3. The maximum absolute atomic E-state index is 5.45. The fourth-order valence-corrected chi connectivity index (χ4v) is 1.54. The van der Waals surface area contributed by atoms with Gasteiger partial charge in [-0.05, 0) is 30.5 Å². The van der Waals surface area contributed by atoms with Gasteiger partial charge in [0.2, 0.25) is 5.89 Å². The molecule has 0 saturated heterocycles. The number of aromatic nitrogens is 1. The van der Waals surface area contributed by atoms with E-state index in [1.54, 1.807) is 6.26 Å². The zero-order valence-corrected chi connectivity index (χ0v) is 10.3. The molecule has 0 unspecified atom stereocenters. The Hall–Kier alpha value is -1.83. The van der Waals surface area contributed by atoms with E-state index in [9.17, 15) is 0 Å². The summed E-state index contributed by atoms with van der Waals surface area (Å²) < 4.78 is 5.45. The Morgan fingerprint density at radius 3 is 2.71 bits per heavy atom. The number of rotatable bonds is 4. The predicted molar refractivity (Wildman–Crippen MR) is 70.4 cm³/mol. The lowest BCUT2D eigenvalue weighted by molar-refractivity contribution is 0.574. The molecule has 0 atom stereocenters. The summed E-state index contributed by atoms with van der Waals surface area (Å²) in [4.78, 5) is 4.42. The monoisotopic (exact) mass is 227 g/mol. The molecule has 2 nitrogen and oxygen atoms in total. The van der Waals surface area contributed by atoms with Gasteiger partial charge in [-0.3, -0.25) is 0 Å². The van der Waals surface area contributed by atoms with Gasteiger partial charge in [-0.15, -0.1) is 0 Å². The third-order valence-electron chi connectivity index (χ3n) is 2.44. The van der Waals surface area contributed by atoms with E-state index in [0.717, 1.165) is 17.7 Å². The average Bonchev–Trinajstić information content (AvgIpc) is 2.78. The van der Waals surface area contributed by atoms with Gasteiger partial charge in [0.25, 0.3) is 0 Å². The summed E-state index contributed by atoms with van der Waals surface area (Å²) in [7, 11) is 0. The predicted octanol–water partition coefficient (Wildman–Crippen LogP) is 4.40. The van der Waals surface area contributed by atoms with E-state index in [4.69, 9.17) is 4.42 Å². The smallest absolute Gasteiger partial charge is 0.226 e. The standard InChI is InChI=1S/C15H17NO/c1-12(2)7-6-10-14-11-17-15(16-14)13-8-4-3-5-9-13/h3-6,8-12H,7H2,1-2H3/b10-6+. The van der Waals surface area contributed by atoms with Crippen LogP contribution in [0.15, 0.2) is 47.1 Å². The minimum atomic E-state index is 0.673. The van der Waals surface area contributed by atoms with Gasteiger partial charge in [-0.2, -0.15) is 0 Å². The Bertz CT molecular complexity index is 483. The molecule has 0 saturated carbocycles. The minimum absolute atomic E-state index is 0.673. The molecule has 0 amide bonds. The topological polar surface area (TPSA) is 26.0 Å². The van der Waals surface area contributed by atoms with Crippen molar-refractivity contribution in [1.82, 2.24) is 4.98 Å². The van der Waals surface area contributed by atoms with Gasteiger partial charge in [-0.1, -0.05) is 38.1 Å². The molecule has 2 heteroatoms. The summed E-state index contributed by atoms with van der Waals surface area (Å²) >= 11 is 0. The molecule has 0 radical (unpaired) electrons. The van der Waals surface area contributed by atoms with E-state index in [0.29, 0.717) is 11.8 Å². The van der Waals surface area contributed by atoms with E-state index in [1.165, 1.54) is 0 Å². The van der Waals surface area contributed by atoms with Gasteiger partial charge < -0.3 is 4.42 Å². The van der Waals surface area contributed by atoms with Crippen molar-refractivity contribution >= 4 is 6.08 Å². The van der Waals surface area contributed by atoms with Crippen LogP contribution in [0.2, 0.25) is 0 Å². The largest absolute Gasteiger partial charge is 0.444 e. The Morgan fingerprint density at radius 2 is 2.00 bits per heavy atom. The number of allylic oxidation sites excluding steroid dienone is 1. The maximum atomic E-state index is 5.45. The third-order valence-corrected chi connectivity index (χ3v) is 2.44. The first-order chi connectivity index (χ1) is 8.25. The van der Waals surface area contributed by atoms with Crippen LogP contribution in [-0.4, -0.2) is 4.98 Å². The first-order valence-corrected chi connectivity index (χ1v) is 5.93. The number of hydrogen-bond acceptors (Lipinski definition) is 2. The molecule has 0 N–H and O–H groups in total. The van der Waals surface area contributed by atoms with Crippen LogP contribution in [0, 0.1) is 5.92 Å². The SMILES string of the molecule is CC(C)C/C=C/c1coc(-c2ccccc2)n1. The molecule has 0 spiro atoms. The van der Waals surface area contributed by atoms with E-state index < -0.39 is 0 Å². The summed E-state index contributed by atoms with van der Waals surface area (Å²) in [6.45, 7) is 4.39. The lowest BCUT2D eigenvalue weighted by atomic mass is 10.1. The molecule has 1 aromatic heterocycles. The molecule has 2 rings (SSSR count). The minimum Gasteiger partial charge on any atom is -0.444 e. The number of nitrogens with zero attached hydrogens (tertiary/aromatic N) is 1. The normalized spacial score (nSPS) is 11.5. The van der Waals surface area contributed by atoms with Crippen LogP contribution in [0.25, 0.3) is 17.5 Å². The van der Waals surface area contributed by atoms with Crippen LogP contribution < -0.4 is 0 Å². The van der Waals surface area contributed by atoms with E-state index in [-0.39, 0.29) is 0 Å². The highest BCUT2D eigenvalue weighted by Crippen LogP contribution is 2.18. The molecule has 0 bridgehead atoms. The molecule has 0 aliphatic heterocycles. The molecular formula is C15H17NO. The first kappa shape index (κ1) is 11.6. The number of benzene rings is 1. The molecule has 88 valence electrons. The van der Waals surface area contributed by atoms with Gasteiger partial charge >= 0.3 is 0 Å². The van der Waals surface area contributed by atoms with Crippen molar-refractivity contribution in [2.75, 3.05) is 0 Å². The highest BCUT2D eigenvalue weighted by Gasteiger charge is 2.03. The second kappa shape index (κ2) is 5.48. The lowest BCUT2D eigenvalue weighted by Crippen LogP contribution is -1.81. The van der Waals surface area contributed by atoms with Crippen LogP contribution in [0.4, 0.5) is 0 Å². The summed E-state index contributed by atoms with van der Waals surface area (Å²) in [5.41, 5.74) is 1.89. The molecule has 1 aromatic carbocycles. The third kappa shape index (κ3) is 3.31. The molecule has 1 heterocycles. The second-order valence-electron chi connectivity index (χ2n) is 4.48. The fraction of sp³-hybridized carbons (Fsp3) is 0.267. The Morgan fingerprint density at radius 1 is 1.24 bits per heavy atom. The van der Waals surface area contributed by atoms with Gasteiger partial charge in [0.1, 0.15) is 12.0 Å². The fourth-order valence-electron chi connectivity index (χ4n) is 1.54. The van der Waals surface area contributed by atoms with Crippen molar-refractivity contribution in [2.24, 2.45) is 5.92 Å². The van der Waals surface area contributed by atoms with Gasteiger partial charge in [0.05, 0.1) is 0 Å². The molecular weight excluding hydrogens is 210 g/mol. The Balaban J connectivity index is 2.09. The van der Waals surface area contributed by atoms with Crippen molar-refractivity contribution in [1.29, 1.82) is 0 Å². The average molecular weight is 227 g/mol. The van der Waals surface area contributed by atoms with Crippen molar-refractivity contribution in [3.8, 4) is 11.5 Å². The van der Waals surface area contributed by atoms with Crippen LogP contribution in [0.5, 0.6) is 0 Å². The van der Waals surface area contributed by atoms with Gasteiger partial charge in [0.15, 0.2) is 0 Å². The summed E-state index contributed by atoms with van der Waals surface area (Å²) in [5.74, 6) is 1.35. The first-order valence-electron chi connectivity index (χ1n) is 5.93. The molecule has 17 heavy (non-hydrogen) atoms. The molecule has 0 fully saturated rings. The molecule has 0 aliphatic carbocycles. The van der Waals surface area contributed by atoms with E-state index >= 15 is 0 Å². The van der Waals surface area contributed by atoms with Crippen LogP contribution in [0.3, 0.4) is 0 Å². The number of oxazole rings is 1. The van der Waals surface area contributed by atoms with Crippen molar-refractivity contribution in [3.63, 3.8) is 0 Å². The lowest BCUT2D eigenvalue weighted by Gasteiger charge is -1.95. The van der Waals surface area contributed by atoms with Crippen LogP contribution in [-0.2, 0) is 0 Å². The Kier molecular flexibility index (Phi) is 3.76. The Labute approximate surface area is 102 Å². The summed E-state index contributed by atoms with van der Waals surface area (Å²) in [6, 6.07) is 9.93. The van der Waals surface area contributed by atoms with Crippen molar-refractivity contribution < 1.29 is 4.42 Å². The van der Waals surface area contributed by atoms with Crippen LogP contribution in [0.1, 0.15) is 26.0 Å². The zero-order valence-electron chi connectivity index (χ0n) is 10.3. The quantitative estimate of drug-likeness (QED) is 0.773. The van der Waals surface area contributed by atoms with Crippen molar-refractivity contribution in [3.05, 3.63) is 48.4 Å². The summed E-state index contributed by atoms with van der Waals surface area (Å²) in [5, 5.41) is 0. The van der Waals surface area contributed by atoms with E-state index in [2.05, 4.69) is 24.9 Å². The summed E-state index contributed by atoms with van der Waals surface area (Å²) in [6.07, 6.45) is 6.90. The molecule has 0 aliphatic rings. The highest BCUT2D eigenvalue weighted by molar-refractivity contribution is 5.55.